The van der Waals surface area contributed by atoms with Gasteiger partial charge in [0.05, 0.1) is 8.95 Å². The SMILES string of the molecule is FC(F)COc1c(Br)cncc1Br. The van der Waals surface area contributed by atoms with Crippen molar-refractivity contribution < 1.29 is 13.5 Å². The van der Waals surface area contributed by atoms with Gasteiger partial charge in [-0.25, -0.2) is 8.78 Å². The molecule has 0 aliphatic carbocycles. The Morgan fingerprint density at radius 3 is 2.31 bits per heavy atom. The molecule has 0 radical (unpaired) electrons. The van der Waals surface area contributed by atoms with Gasteiger partial charge < -0.3 is 4.74 Å². The molecule has 0 aliphatic rings. The Hall–Kier alpha value is -0.230. The third-order valence-electron chi connectivity index (χ3n) is 1.16. The van der Waals surface area contributed by atoms with E-state index >= 15 is 0 Å². The number of pyridine rings is 1. The Morgan fingerprint density at radius 2 is 1.85 bits per heavy atom. The summed E-state index contributed by atoms with van der Waals surface area (Å²) >= 11 is 6.27. The van der Waals surface area contributed by atoms with Gasteiger partial charge in [0, 0.05) is 12.4 Å². The van der Waals surface area contributed by atoms with Gasteiger partial charge in [-0.05, 0) is 31.9 Å². The van der Waals surface area contributed by atoms with E-state index in [9.17, 15) is 8.78 Å². The van der Waals surface area contributed by atoms with Crippen LogP contribution in [0.4, 0.5) is 8.78 Å². The maximum atomic E-state index is 11.8. The van der Waals surface area contributed by atoms with Crippen LogP contribution >= 0.6 is 31.9 Å². The van der Waals surface area contributed by atoms with E-state index in [-0.39, 0.29) is 0 Å². The summed E-state index contributed by atoms with van der Waals surface area (Å²) in [6.45, 7) is -0.624. The van der Waals surface area contributed by atoms with Gasteiger partial charge in [0.15, 0.2) is 5.75 Å². The van der Waals surface area contributed by atoms with Crippen molar-refractivity contribution in [1.29, 1.82) is 0 Å². The average Bonchev–Trinajstić information content (AvgIpc) is 2.03. The number of aromatic nitrogens is 1. The fourth-order valence-corrected chi connectivity index (χ4v) is 1.84. The first-order chi connectivity index (χ1) is 6.11. The van der Waals surface area contributed by atoms with Crippen molar-refractivity contribution in [2.24, 2.45) is 0 Å². The highest BCUT2D eigenvalue weighted by atomic mass is 79.9. The topological polar surface area (TPSA) is 22.1 Å². The molecule has 1 heterocycles. The number of rotatable bonds is 3. The lowest BCUT2D eigenvalue weighted by Crippen LogP contribution is -2.07. The third-order valence-corrected chi connectivity index (χ3v) is 2.29. The quantitative estimate of drug-likeness (QED) is 0.854. The zero-order chi connectivity index (χ0) is 9.84. The van der Waals surface area contributed by atoms with Crippen LogP contribution in [0.2, 0.25) is 0 Å². The van der Waals surface area contributed by atoms with Crippen molar-refractivity contribution in [2.75, 3.05) is 6.61 Å². The summed E-state index contributed by atoms with van der Waals surface area (Å²) in [7, 11) is 0. The summed E-state index contributed by atoms with van der Waals surface area (Å²) in [4.78, 5) is 3.81. The van der Waals surface area contributed by atoms with Gasteiger partial charge >= 0.3 is 0 Å². The van der Waals surface area contributed by atoms with Crippen molar-refractivity contribution in [2.45, 2.75) is 6.43 Å². The summed E-state index contributed by atoms with van der Waals surface area (Å²) in [6.07, 6.45) is 0.476. The average molecular weight is 317 g/mol. The van der Waals surface area contributed by atoms with Crippen molar-refractivity contribution in [1.82, 2.24) is 4.98 Å². The van der Waals surface area contributed by atoms with Crippen molar-refractivity contribution in [3.8, 4) is 5.75 Å². The first kappa shape index (κ1) is 10.8. The van der Waals surface area contributed by atoms with Crippen LogP contribution in [-0.4, -0.2) is 18.0 Å². The second kappa shape index (κ2) is 4.85. The largest absolute Gasteiger partial charge is 0.485 e. The Labute approximate surface area is 90.6 Å². The van der Waals surface area contributed by atoms with Gasteiger partial charge in [-0.1, -0.05) is 0 Å². The second-order valence-corrected chi connectivity index (χ2v) is 3.84. The molecular formula is C7H5Br2F2NO. The molecule has 1 aromatic rings. The highest BCUT2D eigenvalue weighted by molar-refractivity contribution is 9.11. The molecular weight excluding hydrogens is 312 g/mol. The maximum absolute atomic E-state index is 11.8. The van der Waals surface area contributed by atoms with Crippen molar-refractivity contribution >= 4 is 31.9 Å². The number of nitrogens with zero attached hydrogens (tertiary/aromatic N) is 1. The number of alkyl halides is 2. The number of hydrogen-bond donors (Lipinski definition) is 0. The Balaban J connectivity index is 2.75. The number of ether oxygens (including phenoxy) is 1. The Morgan fingerprint density at radius 1 is 1.31 bits per heavy atom. The summed E-state index contributed by atoms with van der Waals surface area (Å²) in [5.74, 6) is 0.343. The standard InChI is InChI=1S/C7H5Br2F2NO/c8-4-1-12-2-5(9)7(4)13-3-6(10)11/h1-2,6H,3H2. The number of halogens is 4. The smallest absolute Gasteiger partial charge is 0.272 e. The zero-order valence-corrected chi connectivity index (χ0v) is 9.48. The minimum Gasteiger partial charge on any atom is -0.485 e. The van der Waals surface area contributed by atoms with Gasteiger partial charge in [0.2, 0.25) is 0 Å². The van der Waals surface area contributed by atoms with Crippen LogP contribution in [0.25, 0.3) is 0 Å². The van der Waals surface area contributed by atoms with E-state index in [1.165, 1.54) is 12.4 Å². The summed E-state index contributed by atoms with van der Waals surface area (Å²) in [5, 5.41) is 0. The minimum absolute atomic E-state index is 0.343. The lowest BCUT2D eigenvalue weighted by molar-refractivity contribution is 0.0811. The summed E-state index contributed by atoms with van der Waals surface area (Å²) < 4.78 is 29.6. The van der Waals surface area contributed by atoms with Gasteiger partial charge in [0.25, 0.3) is 6.43 Å². The molecule has 0 bridgehead atoms. The van der Waals surface area contributed by atoms with Gasteiger partial charge in [-0.2, -0.15) is 0 Å². The van der Waals surface area contributed by atoms with E-state index < -0.39 is 13.0 Å². The fourth-order valence-electron chi connectivity index (χ4n) is 0.684. The maximum Gasteiger partial charge on any atom is 0.272 e. The third kappa shape index (κ3) is 3.19. The van der Waals surface area contributed by atoms with E-state index in [1.807, 2.05) is 0 Å². The molecule has 72 valence electrons. The van der Waals surface area contributed by atoms with Crippen LogP contribution < -0.4 is 4.74 Å². The molecule has 1 rings (SSSR count). The second-order valence-electron chi connectivity index (χ2n) is 2.13. The fraction of sp³-hybridized carbons (Fsp3) is 0.286. The van der Waals surface area contributed by atoms with Crippen LogP contribution in [0, 0.1) is 0 Å². The van der Waals surface area contributed by atoms with Gasteiger partial charge in [0.1, 0.15) is 6.61 Å². The molecule has 0 aromatic carbocycles. The van der Waals surface area contributed by atoms with Crippen LogP contribution in [0.5, 0.6) is 5.75 Å². The molecule has 0 unspecified atom stereocenters. The molecule has 1 aromatic heterocycles. The lowest BCUT2D eigenvalue weighted by atomic mass is 10.4. The van der Waals surface area contributed by atoms with Crippen LogP contribution in [-0.2, 0) is 0 Å². The Kier molecular flexibility index (Phi) is 4.05. The van der Waals surface area contributed by atoms with Crippen LogP contribution in [0.1, 0.15) is 0 Å². The first-order valence-corrected chi connectivity index (χ1v) is 4.90. The molecule has 0 amide bonds. The monoisotopic (exact) mass is 315 g/mol. The molecule has 0 spiro atoms. The van der Waals surface area contributed by atoms with Gasteiger partial charge in [-0.15, -0.1) is 0 Å². The zero-order valence-electron chi connectivity index (χ0n) is 6.31. The minimum atomic E-state index is -2.48. The normalized spacial score (nSPS) is 10.5. The summed E-state index contributed by atoms with van der Waals surface area (Å²) in [5.41, 5.74) is 0. The molecule has 13 heavy (non-hydrogen) atoms. The lowest BCUT2D eigenvalue weighted by Gasteiger charge is -2.08. The highest BCUT2D eigenvalue weighted by Crippen LogP contribution is 2.31. The van der Waals surface area contributed by atoms with Crippen molar-refractivity contribution in [3.05, 3.63) is 21.3 Å². The highest BCUT2D eigenvalue weighted by Gasteiger charge is 2.09. The molecule has 6 heteroatoms. The molecule has 0 atom stereocenters. The van der Waals surface area contributed by atoms with Gasteiger partial charge in [-0.3, -0.25) is 4.98 Å². The Bertz CT molecular complexity index is 276. The molecule has 0 aliphatic heterocycles. The predicted molar refractivity (Wildman–Crippen MR) is 51.1 cm³/mol. The van der Waals surface area contributed by atoms with Crippen LogP contribution in [0.15, 0.2) is 21.3 Å². The first-order valence-electron chi connectivity index (χ1n) is 3.31. The summed E-state index contributed by atoms with van der Waals surface area (Å²) in [6, 6.07) is 0. The molecule has 0 N–H and O–H groups in total. The predicted octanol–water partition coefficient (Wildman–Crippen LogP) is 3.25. The molecule has 2 nitrogen and oxygen atoms in total. The van der Waals surface area contributed by atoms with E-state index in [0.29, 0.717) is 14.7 Å². The van der Waals surface area contributed by atoms with E-state index in [0.717, 1.165) is 0 Å². The molecule has 0 saturated heterocycles. The van der Waals surface area contributed by atoms with E-state index in [4.69, 9.17) is 4.74 Å². The van der Waals surface area contributed by atoms with E-state index in [1.54, 1.807) is 0 Å². The molecule has 0 saturated carbocycles. The van der Waals surface area contributed by atoms with Crippen molar-refractivity contribution in [3.63, 3.8) is 0 Å². The molecule has 0 fully saturated rings. The van der Waals surface area contributed by atoms with Crippen LogP contribution in [0.3, 0.4) is 0 Å². The van der Waals surface area contributed by atoms with E-state index in [2.05, 4.69) is 36.8 Å². The number of hydrogen-bond acceptors (Lipinski definition) is 2.